The van der Waals surface area contributed by atoms with E-state index in [9.17, 15) is 9.59 Å². The van der Waals surface area contributed by atoms with Crippen molar-refractivity contribution in [1.82, 2.24) is 0 Å². The van der Waals surface area contributed by atoms with E-state index in [1.165, 1.54) is 26.2 Å². The normalized spacial score (nSPS) is 13.2. The minimum atomic E-state index is -0.365. The molecule has 1 N–H and O–H groups in total. The third kappa shape index (κ3) is 4.68. The van der Waals surface area contributed by atoms with Crippen LogP contribution in [0.4, 0.5) is 11.4 Å². The minimum absolute atomic E-state index is 0.0610. The number of benzene rings is 2. The molecule has 2 aromatic rings. The van der Waals surface area contributed by atoms with Crippen molar-refractivity contribution in [2.24, 2.45) is 0 Å². The molecule has 31 heavy (non-hydrogen) atoms. The van der Waals surface area contributed by atoms with Crippen LogP contribution in [0, 0.1) is 0 Å². The molecule has 0 saturated carbocycles. The maximum Gasteiger partial charge on any atom is 0.265 e. The highest BCUT2D eigenvalue weighted by atomic mass is 16.5. The van der Waals surface area contributed by atoms with E-state index in [0.717, 1.165) is 5.56 Å². The lowest BCUT2D eigenvalue weighted by molar-refractivity contribution is -0.123. The Hall–Kier alpha value is -3.42. The van der Waals surface area contributed by atoms with Crippen LogP contribution in [0.1, 0.15) is 26.3 Å². The number of nitrogens with one attached hydrogen (secondary N) is 1. The smallest absolute Gasteiger partial charge is 0.265 e. The summed E-state index contributed by atoms with van der Waals surface area (Å²) in [7, 11) is 4.50. The summed E-state index contributed by atoms with van der Waals surface area (Å²) in [6, 6.07) is 8.95. The topological polar surface area (TPSA) is 86.3 Å². The van der Waals surface area contributed by atoms with Gasteiger partial charge >= 0.3 is 0 Å². The Morgan fingerprint density at radius 1 is 1.06 bits per heavy atom. The van der Waals surface area contributed by atoms with Crippen molar-refractivity contribution in [2.45, 2.75) is 26.2 Å². The van der Waals surface area contributed by atoms with Crippen molar-refractivity contribution in [1.29, 1.82) is 0 Å². The molecular weight excluding hydrogens is 400 g/mol. The Morgan fingerprint density at radius 2 is 1.71 bits per heavy atom. The average Bonchev–Trinajstić information content (AvgIpc) is 2.73. The van der Waals surface area contributed by atoms with Gasteiger partial charge in [-0.1, -0.05) is 26.8 Å². The molecule has 0 saturated heterocycles. The second kappa shape index (κ2) is 8.75. The number of ether oxygens (including phenoxy) is 4. The van der Waals surface area contributed by atoms with Gasteiger partial charge in [-0.15, -0.1) is 0 Å². The lowest BCUT2D eigenvalue weighted by atomic mass is 9.86. The zero-order valence-electron chi connectivity index (χ0n) is 18.7. The molecule has 1 aliphatic heterocycles. The van der Waals surface area contributed by atoms with E-state index in [0.29, 0.717) is 34.4 Å². The fraction of sp³-hybridized carbons (Fsp3) is 0.391. The third-order valence-corrected chi connectivity index (χ3v) is 5.02. The molecule has 0 aliphatic carbocycles. The second-order valence-electron chi connectivity index (χ2n) is 8.16. The van der Waals surface area contributed by atoms with Crippen LogP contribution in [0.5, 0.6) is 23.0 Å². The Balaban J connectivity index is 1.82. The number of fused-ring (bicyclic) bond motifs is 1. The predicted octanol–water partition coefficient (Wildman–Crippen LogP) is 3.37. The first kappa shape index (κ1) is 22.3. The number of hydrogen-bond acceptors (Lipinski definition) is 6. The highest BCUT2D eigenvalue weighted by Gasteiger charge is 2.29. The summed E-state index contributed by atoms with van der Waals surface area (Å²) < 4.78 is 21.5. The lowest BCUT2D eigenvalue weighted by Crippen LogP contribution is -2.43. The molecule has 0 radical (unpaired) electrons. The van der Waals surface area contributed by atoms with Crippen LogP contribution in [0.3, 0.4) is 0 Å². The summed E-state index contributed by atoms with van der Waals surface area (Å²) in [5, 5.41) is 2.79. The molecule has 0 spiro atoms. The standard InChI is InChI=1S/C23H28N2O6/c1-23(2,3)14-7-8-16-17(9-14)31-13-21(27)25(16)12-20(26)24-15-10-18(28-4)22(30-6)19(11-15)29-5/h7-11H,12-13H2,1-6H3,(H,24,26). The molecule has 1 heterocycles. The second-order valence-corrected chi connectivity index (χ2v) is 8.16. The Kier molecular flexibility index (Phi) is 6.29. The van der Waals surface area contributed by atoms with Crippen molar-refractivity contribution in [3.8, 4) is 23.0 Å². The van der Waals surface area contributed by atoms with Gasteiger partial charge in [0.25, 0.3) is 5.91 Å². The molecule has 2 aromatic carbocycles. The first-order valence-corrected chi connectivity index (χ1v) is 9.85. The maximum absolute atomic E-state index is 12.8. The number of hydrogen-bond donors (Lipinski definition) is 1. The largest absolute Gasteiger partial charge is 0.493 e. The predicted molar refractivity (Wildman–Crippen MR) is 118 cm³/mol. The van der Waals surface area contributed by atoms with Crippen LogP contribution in [0.25, 0.3) is 0 Å². The first-order valence-electron chi connectivity index (χ1n) is 9.85. The summed E-state index contributed by atoms with van der Waals surface area (Å²) in [5.41, 5.74) is 2.06. The number of anilines is 2. The highest BCUT2D eigenvalue weighted by molar-refractivity contribution is 6.05. The van der Waals surface area contributed by atoms with Crippen LogP contribution in [0.15, 0.2) is 30.3 Å². The summed E-state index contributed by atoms with van der Waals surface area (Å²) in [6.45, 7) is 6.04. The van der Waals surface area contributed by atoms with Gasteiger partial charge in [0.15, 0.2) is 18.1 Å². The summed E-state index contributed by atoms with van der Waals surface area (Å²) in [4.78, 5) is 26.7. The fourth-order valence-electron chi connectivity index (χ4n) is 3.34. The third-order valence-electron chi connectivity index (χ3n) is 5.02. The fourth-order valence-corrected chi connectivity index (χ4v) is 3.34. The SMILES string of the molecule is COc1cc(NC(=O)CN2C(=O)COc3cc(C(C)(C)C)ccc32)cc(OC)c1OC. The summed E-state index contributed by atoms with van der Waals surface area (Å²) in [5.74, 6) is 1.20. The molecule has 166 valence electrons. The molecule has 3 rings (SSSR count). The summed E-state index contributed by atoms with van der Waals surface area (Å²) in [6.07, 6.45) is 0. The van der Waals surface area contributed by atoms with E-state index < -0.39 is 0 Å². The van der Waals surface area contributed by atoms with Gasteiger partial charge in [-0.2, -0.15) is 0 Å². The van der Waals surface area contributed by atoms with E-state index in [2.05, 4.69) is 26.1 Å². The van der Waals surface area contributed by atoms with Gasteiger partial charge in [0, 0.05) is 17.8 Å². The van der Waals surface area contributed by atoms with Crippen LogP contribution >= 0.6 is 0 Å². The molecule has 2 amide bonds. The average molecular weight is 428 g/mol. The van der Waals surface area contributed by atoms with E-state index in [1.54, 1.807) is 12.1 Å². The molecule has 8 heteroatoms. The lowest BCUT2D eigenvalue weighted by Gasteiger charge is -2.30. The monoisotopic (exact) mass is 428 g/mol. The van der Waals surface area contributed by atoms with Gasteiger partial charge in [-0.25, -0.2) is 0 Å². The van der Waals surface area contributed by atoms with E-state index in [-0.39, 0.29) is 30.4 Å². The maximum atomic E-state index is 12.8. The van der Waals surface area contributed by atoms with Gasteiger partial charge in [0.05, 0.1) is 27.0 Å². The van der Waals surface area contributed by atoms with Crippen LogP contribution < -0.4 is 29.2 Å². The number of amides is 2. The van der Waals surface area contributed by atoms with Crippen molar-refractivity contribution in [2.75, 3.05) is 44.7 Å². The molecule has 0 aromatic heterocycles. The molecule has 8 nitrogen and oxygen atoms in total. The van der Waals surface area contributed by atoms with Crippen LogP contribution in [-0.2, 0) is 15.0 Å². The van der Waals surface area contributed by atoms with Crippen molar-refractivity contribution in [3.05, 3.63) is 35.9 Å². The number of carbonyl (C=O) groups excluding carboxylic acids is 2. The Bertz CT molecular complexity index is 971. The number of rotatable bonds is 6. The van der Waals surface area contributed by atoms with E-state index in [4.69, 9.17) is 18.9 Å². The van der Waals surface area contributed by atoms with Crippen molar-refractivity contribution >= 4 is 23.2 Å². The molecule has 0 unspecified atom stereocenters. The van der Waals surface area contributed by atoms with Gasteiger partial charge in [0.1, 0.15) is 12.3 Å². The first-order chi connectivity index (χ1) is 14.7. The highest BCUT2D eigenvalue weighted by Crippen LogP contribution is 2.40. The van der Waals surface area contributed by atoms with Crippen molar-refractivity contribution < 1.29 is 28.5 Å². The molecule has 1 aliphatic rings. The number of methoxy groups -OCH3 is 3. The van der Waals surface area contributed by atoms with Gasteiger partial charge in [-0.05, 0) is 23.1 Å². The van der Waals surface area contributed by atoms with Gasteiger partial charge < -0.3 is 24.3 Å². The number of carbonyl (C=O) groups is 2. The molecule has 0 bridgehead atoms. The van der Waals surface area contributed by atoms with Gasteiger partial charge in [-0.3, -0.25) is 14.5 Å². The zero-order chi connectivity index (χ0) is 22.8. The number of nitrogens with zero attached hydrogens (tertiary/aromatic N) is 1. The van der Waals surface area contributed by atoms with Crippen LogP contribution in [0.2, 0.25) is 0 Å². The minimum Gasteiger partial charge on any atom is -0.493 e. The summed E-state index contributed by atoms with van der Waals surface area (Å²) >= 11 is 0. The zero-order valence-corrected chi connectivity index (χ0v) is 18.7. The quantitative estimate of drug-likeness (QED) is 0.759. The Morgan fingerprint density at radius 3 is 2.26 bits per heavy atom. The van der Waals surface area contributed by atoms with E-state index in [1.807, 2.05) is 18.2 Å². The molecular formula is C23H28N2O6. The van der Waals surface area contributed by atoms with Crippen LogP contribution in [-0.4, -0.2) is 46.3 Å². The van der Waals surface area contributed by atoms with Crippen molar-refractivity contribution in [3.63, 3.8) is 0 Å². The molecule has 0 atom stereocenters. The van der Waals surface area contributed by atoms with E-state index >= 15 is 0 Å². The van der Waals surface area contributed by atoms with Gasteiger partial charge in [0.2, 0.25) is 11.7 Å². The Labute approximate surface area is 182 Å². The molecule has 0 fully saturated rings.